The highest BCUT2D eigenvalue weighted by Gasteiger charge is 2.23. The molecule has 1 aromatic heterocycles. The van der Waals surface area contributed by atoms with Crippen molar-refractivity contribution < 1.29 is 9.00 Å². The maximum atomic E-state index is 12.1. The van der Waals surface area contributed by atoms with E-state index in [0.29, 0.717) is 30.2 Å². The third-order valence-electron chi connectivity index (χ3n) is 2.51. The first-order chi connectivity index (χ1) is 8.08. The Morgan fingerprint density at radius 3 is 2.53 bits per heavy atom. The van der Waals surface area contributed by atoms with E-state index in [-0.39, 0.29) is 16.2 Å². The molecule has 1 amide bonds. The van der Waals surface area contributed by atoms with Gasteiger partial charge in [-0.3, -0.25) is 9.00 Å². The minimum Gasteiger partial charge on any atom is -0.337 e. The summed E-state index contributed by atoms with van der Waals surface area (Å²) < 4.78 is 11.2. The van der Waals surface area contributed by atoms with Crippen molar-refractivity contribution in [2.45, 2.75) is 0 Å². The molecule has 2 rings (SSSR count). The van der Waals surface area contributed by atoms with Crippen LogP contribution in [0, 0.1) is 0 Å². The van der Waals surface area contributed by atoms with E-state index < -0.39 is 10.8 Å². The molecular formula is C10H10Cl2N2O2S. The van der Waals surface area contributed by atoms with Gasteiger partial charge in [-0.25, -0.2) is 4.98 Å². The van der Waals surface area contributed by atoms with Crippen LogP contribution in [0.25, 0.3) is 0 Å². The van der Waals surface area contributed by atoms with Crippen LogP contribution in [0.3, 0.4) is 0 Å². The number of nitrogens with zero attached hydrogens (tertiary/aromatic N) is 2. The second-order valence-corrected chi connectivity index (χ2v) is 6.05. The number of rotatable bonds is 1. The predicted molar refractivity (Wildman–Crippen MR) is 68.0 cm³/mol. The molecule has 92 valence electrons. The van der Waals surface area contributed by atoms with Crippen molar-refractivity contribution in [2.75, 3.05) is 24.6 Å². The Kier molecular flexibility index (Phi) is 4.01. The fraction of sp³-hybridized carbons (Fsp3) is 0.400. The molecule has 0 saturated carbocycles. The van der Waals surface area contributed by atoms with Crippen molar-refractivity contribution in [3.05, 3.63) is 28.0 Å². The van der Waals surface area contributed by atoms with Gasteiger partial charge in [-0.15, -0.1) is 0 Å². The normalized spacial score (nSPS) is 17.2. The highest BCUT2D eigenvalue weighted by molar-refractivity contribution is 7.85. The van der Waals surface area contributed by atoms with E-state index in [0.717, 1.165) is 0 Å². The largest absolute Gasteiger partial charge is 0.337 e. The number of carbonyl (C=O) groups is 1. The molecule has 0 spiro atoms. The van der Waals surface area contributed by atoms with Crippen LogP contribution in [0.1, 0.15) is 10.4 Å². The highest BCUT2D eigenvalue weighted by atomic mass is 35.5. The summed E-state index contributed by atoms with van der Waals surface area (Å²) >= 11 is 11.5. The highest BCUT2D eigenvalue weighted by Crippen LogP contribution is 2.19. The Balaban J connectivity index is 2.16. The molecule has 4 nitrogen and oxygen atoms in total. The Labute approximate surface area is 111 Å². The van der Waals surface area contributed by atoms with Gasteiger partial charge in [0.25, 0.3) is 5.91 Å². The molecule has 0 unspecified atom stereocenters. The lowest BCUT2D eigenvalue weighted by atomic mass is 10.2. The number of aromatic nitrogens is 1. The van der Waals surface area contributed by atoms with E-state index in [1.807, 2.05) is 0 Å². The van der Waals surface area contributed by atoms with Gasteiger partial charge in [-0.05, 0) is 12.1 Å². The molecule has 1 aliphatic heterocycles. The van der Waals surface area contributed by atoms with Crippen LogP contribution in [0.4, 0.5) is 0 Å². The van der Waals surface area contributed by atoms with Crippen LogP contribution in [-0.2, 0) is 10.8 Å². The zero-order chi connectivity index (χ0) is 12.4. The van der Waals surface area contributed by atoms with E-state index in [4.69, 9.17) is 23.2 Å². The van der Waals surface area contributed by atoms with E-state index >= 15 is 0 Å². The molecule has 0 N–H and O–H groups in total. The Morgan fingerprint density at radius 2 is 1.94 bits per heavy atom. The number of amides is 1. The van der Waals surface area contributed by atoms with Crippen LogP contribution in [0.2, 0.25) is 10.3 Å². The summed E-state index contributed by atoms with van der Waals surface area (Å²) in [5.74, 6) is 0.852. The summed E-state index contributed by atoms with van der Waals surface area (Å²) in [5.41, 5.74) is 0.337. The predicted octanol–water partition coefficient (Wildman–Crippen LogP) is 1.59. The molecule has 1 saturated heterocycles. The van der Waals surface area contributed by atoms with Gasteiger partial charge < -0.3 is 4.90 Å². The number of carbonyl (C=O) groups excluding carboxylic acids is 1. The molecule has 0 aliphatic carbocycles. The fourth-order valence-electron chi connectivity index (χ4n) is 1.58. The molecule has 0 aromatic carbocycles. The van der Waals surface area contributed by atoms with Gasteiger partial charge in [0.05, 0.1) is 5.56 Å². The smallest absolute Gasteiger partial charge is 0.257 e. The van der Waals surface area contributed by atoms with Crippen LogP contribution in [0.5, 0.6) is 0 Å². The van der Waals surface area contributed by atoms with Crippen LogP contribution in [-0.4, -0.2) is 44.6 Å². The average molecular weight is 293 g/mol. The van der Waals surface area contributed by atoms with Crippen molar-refractivity contribution in [3.63, 3.8) is 0 Å². The number of hydrogen-bond acceptors (Lipinski definition) is 3. The summed E-state index contributed by atoms with van der Waals surface area (Å²) in [4.78, 5) is 17.6. The van der Waals surface area contributed by atoms with Gasteiger partial charge in [0.1, 0.15) is 10.3 Å². The molecule has 0 bridgehead atoms. The maximum absolute atomic E-state index is 12.1. The first-order valence-electron chi connectivity index (χ1n) is 5.04. The summed E-state index contributed by atoms with van der Waals surface area (Å²) in [5, 5.41) is 0.362. The number of halogens is 2. The average Bonchev–Trinajstić information content (AvgIpc) is 2.29. The van der Waals surface area contributed by atoms with Crippen LogP contribution >= 0.6 is 23.2 Å². The molecule has 0 atom stereocenters. The van der Waals surface area contributed by atoms with Crippen LogP contribution in [0.15, 0.2) is 12.1 Å². The molecule has 2 heterocycles. The van der Waals surface area contributed by atoms with Gasteiger partial charge in [-0.2, -0.15) is 0 Å². The minimum atomic E-state index is -0.806. The lowest BCUT2D eigenvalue weighted by molar-refractivity contribution is 0.0771. The van der Waals surface area contributed by atoms with Crippen molar-refractivity contribution >= 4 is 39.9 Å². The molecule has 17 heavy (non-hydrogen) atoms. The quantitative estimate of drug-likeness (QED) is 0.739. The third kappa shape index (κ3) is 2.97. The second-order valence-electron chi connectivity index (χ2n) is 3.61. The van der Waals surface area contributed by atoms with E-state index in [1.54, 1.807) is 11.0 Å². The summed E-state index contributed by atoms with van der Waals surface area (Å²) in [6.45, 7) is 0.981. The van der Waals surface area contributed by atoms with Crippen molar-refractivity contribution in [3.8, 4) is 0 Å². The maximum Gasteiger partial charge on any atom is 0.257 e. The van der Waals surface area contributed by atoms with Crippen molar-refractivity contribution in [1.29, 1.82) is 0 Å². The molecule has 1 aromatic rings. The molecular weight excluding hydrogens is 283 g/mol. The summed E-state index contributed by atoms with van der Waals surface area (Å²) in [6, 6.07) is 3.09. The van der Waals surface area contributed by atoms with Gasteiger partial charge in [0.2, 0.25) is 0 Å². The summed E-state index contributed by atoms with van der Waals surface area (Å²) in [7, 11) is -0.806. The first kappa shape index (κ1) is 12.8. The Bertz CT molecular complexity index is 471. The van der Waals surface area contributed by atoms with Gasteiger partial charge in [0, 0.05) is 35.4 Å². The van der Waals surface area contributed by atoms with E-state index in [2.05, 4.69) is 4.98 Å². The fourth-order valence-corrected chi connectivity index (χ4v) is 3.06. The lowest BCUT2D eigenvalue weighted by Gasteiger charge is -2.26. The lowest BCUT2D eigenvalue weighted by Crippen LogP contribution is -2.41. The summed E-state index contributed by atoms with van der Waals surface area (Å²) in [6.07, 6.45) is 0. The Hall–Kier alpha value is -0.650. The SMILES string of the molecule is O=C(c1ccc(Cl)nc1Cl)N1CCS(=O)CC1. The second kappa shape index (κ2) is 5.33. The van der Waals surface area contributed by atoms with Gasteiger partial charge in [0.15, 0.2) is 0 Å². The van der Waals surface area contributed by atoms with Crippen molar-refractivity contribution in [2.24, 2.45) is 0 Å². The van der Waals surface area contributed by atoms with Crippen LogP contribution < -0.4 is 0 Å². The monoisotopic (exact) mass is 292 g/mol. The third-order valence-corrected chi connectivity index (χ3v) is 4.28. The number of pyridine rings is 1. The molecule has 1 aliphatic rings. The molecule has 7 heteroatoms. The van der Waals surface area contributed by atoms with Crippen molar-refractivity contribution in [1.82, 2.24) is 9.88 Å². The number of hydrogen-bond donors (Lipinski definition) is 0. The zero-order valence-electron chi connectivity index (χ0n) is 8.86. The van der Waals surface area contributed by atoms with Gasteiger partial charge >= 0.3 is 0 Å². The Morgan fingerprint density at radius 1 is 1.29 bits per heavy atom. The molecule has 0 radical (unpaired) electrons. The molecule has 1 fully saturated rings. The van der Waals surface area contributed by atoms with E-state index in [9.17, 15) is 9.00 Å². The zero-order valence-corrected chi connectivity index (χ0v) is 11.2. The first-order valence-corrected chi connectivity index (χ1v) is 7.28. The topological polar surface area (TPSA) is 50.3 Å². The minimum absolute atomic E-state index is 0.106. The van der Waals surface area contributed by atoms with E-state index in [1.165, 1.54) is 6.07 Å². The van der Waals surface area contributed by atoms with Gasteiger partial charge in [-0.1, -0.05) is 23.2 Å². The standard InChI is InChI=1S/C10H10Cl2N2O2S/c11-8-2-1-7(9(12)13-8)10(15)14-3-5-17(16)6-4-14/h1-2H,3-6H2.